The highest BCUT2D eigenvalue weighted by atomic mass is 35.5. The standard InChI is InChI=1S/C31H35ClFN3O6S/c1-21(31(38)34-25-9-4-5-10-25)35(19-22-7-6-8-23(32)17-22)30(37)20-36(26-13-11-24(33)12-14-26)43(39,40)27-15-16-28(41-2)29(18-27)42-3/h6-8,11-18,21,25H,4-5,9-10,19-20H2,1-3H3,(H,34,38)/t21-/m1/s1. The summed E-state index contributed by atoms with van der Waals surface area (Å²) in [6.07, 6.45) is 3.77. The summed E-state index contributed by atoms with van der Waals surface area (Å²) in [4.78, 5) is 28.5. The number of amides is 2. The number of ether oxygens (including phenoxy) is 2. The van der Waals surface area contributed by atoms with Crippen molar-refractivity contribution in [3.05, 3.63) is 83.1 Å². The van der Waals surface area contributed by atoms with Gasteiger partial charge in [0.1, 0.15) is 18.4 Å². The molecule has 0 unspecified atom stereocenters. The summed E-state index contributed by atoms with van der Waals surface area (Å²) < 4.78 is 53.4. The number of benzene rings is 3. The molecule has 0 aliphatic heterocycles. The Balaban J connectivity index is 1.71. The van der Waals surface area contributed by atoms with Crippen LogP contribution in [0, 0.1) is 5.82 Å². The minimum Gasteiger partial charge on any atom is -0.493 e. The van der Waals surface area contributed by atoms with Crippen LogP contribution in [0.25, 0.3) is 0 Å². The van der Waals surface area contributed by atoms with Crippen LogP contribution < -0.4 is 19.1 Å². The Morgan fingerprint density at radius 2 is 1.67 bits per heavy atom. The number of carbonyl (C=O) groups is 2. The first kappa shape index (κ1) is 32.1. The van der Waals surface area contributed by atoms with Crippen molar-refractivity contribution in [2.45, 2.75) is 56.1 Å². The molecule has 1 fully saturated rings. The van der Waals surface area contributed by atoms with Gasteiger partial charge in [-0.05, 0) is 73.9 Å². The fraction of sp³-hybridized carbons (Fsp3) is 0.355. The summed E-state index contributed by atoms with van der Waals surface area (Å²) in [5, 5.41) is 3.48. The number of nitrogens with zero attached hydrogens (tertiary/aromatic N) is 2. The molecular formula is C31H35ClFN3O6S. The molecule has 0 saturated heterocycles. The second-order valence-corrected chi connectivity index (χ2v) is 12.6. The lowest BCUT2D eigenvalue weighted by molar-refractivity contribution is -0.139. The van der Waals surface area contributed by atoms with Crippen LogP contribution >= 0.6 is 11.6 Å². The molecule has 0 bridgehead atoms. The van der Waals surface area contributed by atoms with Crippen molar-refractivity contribution in [2.24, 2.45) is 0 Å². The van der Waals surface area contributed by atoms with Crippen molar-refractivity contribution >= 4 is 39.1 Å². The van der Waals surface area contributed by atoms with Gasteiger partial charge in [-0.3, -0.25) is 13.9 Å². The van der Waals surface area contributed by atoms with Crippen molar-refractivity contribution in [1.29, 1.82) is 0 Å². The van der Waals surface area contributed by atoms with Gasteiger partial charge in [-0.1, -0.05) is 36.6 Å². The Kier molecular flexibility index (Phi) is 10.5. The number of halogens is 2. The maximum absolute atomic E-state index is 14.1. The molecule has 9 nitrogen and oxygen atoms in total. The van der Waals surface area contributed by atoms with Gasteiger partial charge in [0, 0.05) is 23.7 Å². The first-order valence-electron chi connectivity index (χ1n) is 13.9. The molecule has 43 heavy (non-hydrogen) atoms. The molecule has 1 aliphatic carbocycles. The van der Waals surface area contributed by atoms with Crippen LogP contribution in [0.15, 0.2) is 71.6 Å². The van der Waals surface area contributed by atoms with Gasteiger partial charge in [0.05, 0.1) is 24.8 Å². The summed E-state index contributed by atoms with van der Waals surface area (Å²) in [5.74, 6) is -1.05. The van der Waals surface area contributed by atoms with E-state index >= 15 is 0 Å². The third-order valence-electron chi connectivity index (χ3n) is 7.45. The van der Waals surface area contributed by atoms with Crippen LogP contribution in [0.3, 0.4) is 0 Å². The van der Waals surface area contributed by atoms with Gasteiger partial charge in [0.25, 0.3) is 10.0 Å². The van der Waals surface area contributed by atoms with Crippen molar-refractivity contribution < 1.29 is 31.9 Å². The molecule has 3 aromatic rings. The molecule has 0 heterocycles. The monoisotopic (exact) mass is 631 g/mol. The largest absolute Gasteiger partial charge is 0.493 e. The molecule has 12 heteroatoms. The van der Waals surface area contributed by atoms with E-state index in [0.717, 1.165) is 42.1 Å². The zero-order chi connectivity index (χ0) is 31.1. The summed E-state index contributed by atoms with van der Waals surface area (Å²) >= 11 is 6.19. The Hall–Kier alpha value is -3.83. The van der Waals surface area contributed by atoms with Crippen LogP contribution in [0.1, 0.15) is 38.2 Å². The van der Waals surface area contributed by atoms with Crippen LogP contribution in [0.4, 0.5) is 10.1 Å². The molecule has 230 valence electrons. The van der Waals surface area contributed by atoms with E-state index in [1.165, 1.54) is 49.5 Å². The van der Waals surface area contributed by atoms with E-state index in [1.54, 1.807) is 31.2 Å². The summed E-state index contributed by atoms with van der Waals surface area (Å²) in [7, 11) is -1.59. The Morgan fingerprint density at radius 3 is 2.30 bits per heavy atom. The highest BCUT2D eigenvalue weighted by Gasteiger charge is 2.34. The maximum Gasteiger partial charge on any atom is 0.264 e. The second kappa shape index (κ2) is 14.1. The quantitative estimate of drug-likeness (QED) is 0.296. The molecule has 0 spiro atoms. The van der Waals surface area contributed by atoms with Crippen molar-refractivity contribution in [3.8, 4) is 11.5 Å². The van der Waals surface area contributed by atoms with E-state index in [4.69, 9.17) is 21.1 Å². The van der Waals surface area contributed by atoms with Crippen molar-refractivity contribution in [1.82, 2.24) is 10.2 Å². The lowest BCUT2D eigenvalue weighted by Gasteiger charge is -2.32. The first-order valence-corrected chi connectivity index (χ1v) is 15.7. The van der Waals surface area contributed by atoms with Gasteiger partial charge in [0.2, 0.25) is 11.8 Å². The summed E-state index contributed by atoms with van der Waals surface area (Å²) in [5.41, 5.74) is 0.729. The fourth-order valence-corrected chi connectivity index (χ4v) is 6.69. The Bertz CT molecular complexity index is 1550. The molecule has 1 N–H and O–H groups in total. The zero-order valence-corrected chi connectivity index (χ0v) is 25.8. The number of sulfonamides is 1. The molecule has 2 amide bonds. The Morgan fingerprint density at radius 1 is 1.00 bits per heavy atom. The van der Waals surface area contributed by atoms with Crippen LogP contribution in [0.5, 0.6) is 11.5 Å². The van der Waals surface area contributed by atoms with Crippen LogP contribution in [-0.4, -0.2) is 58.0 Å². The first-order chi connectivity index (χ1) is 20.5. The highest BCUT2D eigenvalue weighted by Crippen LogP contribution is 2.32. The molecule has 4 rings (SSSR count). The number of methoxy groups -OCH3 is 2. The predicted octanol–water partition coefficient (Wildman–Crippen LogP) is 5.17. The normalized spacial score (nSPS) is 14.2. The average molecular weight is 632 g/mol. The number of anilines is 1. The van der Waals surface area contributed by atoms with E-state index in [2.05, 4.69) is 5.32 Å². The highest BCUT2D eigenvalue weighted by molar-refractivity contribution is 7.92. The van der Waals surface area contributed by atoms with Crippen LogP contribution in [0.2, 0.25) is 5.02 Å². The number of carbonyl (C=O) groups excluding carboxylic acids is 2. The van der Waals surface area contributed by atoms with Gasteiger partial charge < -0.3 is 19.7 Å². The smallest absolute Gasteiger partial charge is 0.264 e. The lowest BCUT2D eigenvalue weighted by Crippen LogP contribution is -2.52. The van der Waals surface area contributed by atoms with E-state index in [-0.39, 0.29) is 34.8 Å². The average Bonchev–Trinajstić information content (AvgIpc) is 3.51. The second-order valence-electron chi connectivity index (χ2n) is 10.3. The molecule has 1 saturated carbocycles. The third kappa shape index (κ3) is 7.77. The van der Waals surface area contributed by atoms with E-state index in [9.17, 15) is 22.4 Å². The van der Waals surface area contributed by atoms with E-state index < -0.39 is 34.3 Å². The lowest BCUT2D eigenvalue weighted by atomic mass is 10.1. The SMILES string of the molecule is COc1ccc(S(=O)(=O)N(CC(=O)N(Cc2cccc(Cl)c2)[C@H](C)C(=O)NC2CCCC2)c2ccc(F)cc2)cc1OC. The molecule has 3 aromatic carbocycles. The van der Waals surface area contributed by atoms with Gasteiger partial charge in [0.15, 0.2) is 11.5 Å². The zero-order valence-electron chi connectivity index (χ0n) is 24.3. The number of hydrogen-bond donors (Lipinski definition) is 1. The van der Waals surface area contributed by atoms with Gasteiger partial charge in [-0.2, -0.15) is 0 Å². The summed E-state index contributed by atoms with van der Waals surface area (Å²) in [6.45, 7) is 0.952. The van der Waals surface area contributed by atoms with Gasteiger partial charge >= 0.3 is 0 Å². The number of hydrogen-bond acceptors (Lipinski definition) is 6. The summed E-state index contributed by atoms with van der Waals surface area (Å²) in [6, 6.07) is 14.8. The van der Waals surface area contributed by atoms with Gasteiger partial charge in [-0.15, -0.1) is 0 Å². The van der Waals surface area contributed by atoms with Crippen molar-refractivity contribution in [3.63, 3.8) is 0 Å². The molecule has 0 aromatic heterocycles. The minimum atomic E-state index is -4.39. The predicted molar refractivity (Wildman–Crippen MR) is 162 cm³/mol. The molecule has 0 radical (unpaired) electrons. The fourth-order valence-electron chi connectivity index (χ4n) is 5.05. The van der Waals surface area contributed by atoms with Crippen molar-refractivity contribution in [2.75, 3.05) is 25.1 Å². The molecular weight excluding hydrogens is 597 g/mol. The maximum atomic E-state index is 14.1. The topological polar surface area (TPSA) is 105 Å². The molecule has 1 aliphatic rings. The third-order valence-corrected chi connectivity index (χ3v) is 9.45. The Labute approximate surface area is 256 Å². The molecule has 1 atom stereocenters. The number of nitrogens with one attached hydrogen (secondary N) is 1. The number of rotatable bonds is 12. The van der Waals surface area contributed by atoms with Crippen LogP contribution in [-0.2, 0) is 26.2 Å². The minimum absolute atomic E-state index is 0.00626. The van der Waals surface area contributed by atoms with E-state index in [0.29, 0.717) is 16.3 Å². The van der Waals surface area contributed by atoms with E-state index in [1.807, 2.05) is 0 Å². The van der Waals surface area contributed by atoms with Gasteiger partial charge in [-0.25, -0.2) is 12.8 Å².